The summed E-state index contributed by atoms with van der Waals surface area (Å²) in [4.78, 5) is 13.4. The summed E-state index contributed by atoms with van der Waals surface area (Å²) < 4.78 is 19.8. The molecule has 5 rings (SSSR count). The molecule has 0 N–H and O–H groups in total. The van der Waals surface area contributed by atoms with E-state index in [1.807, 2.05) is 84.9 Å². The molecule has 0 unspecified atom stereocenters. The van der Waals surface area contributed by atoms with E-state index in [1.54, 1.807) is 12.1 Å². The number of hydrogen-bond donors (Lipinski definition) is 0. The Hall–Kier alpha value is -4.03. The number of para-hydroxylation sites is 1. The fraction of sp³-hybridized carbons (Fsp3) is 0.0345. The van der Waals surface area contributed by atoms with Crippen molar-refractivity contribution in [1.82, 2.24) is 0 Å². The van der Waals surface area contributed by atoms with E-state index in [-0.39, 0.29) is 11.7 Å². The molecule has 35 heavy (non-hydrogen) atoms. The van der Waals surface area contributed by atoms with Crippen LogP contribution in [-0.2, 0) is 11.4 Å². The number of carbonyl (C=O) groups is 1. The lowest BCUT2D eigenvalue weighted by molar-refractivity contribution is -0.114. The average Bonchev–Trinajstić information content (AvgIpc) is 3.21. The van der Waals surface area contributed by atoms with Crippen LogP contribution < -0.4 is 9.75 Å². The molecule has 1 amide bonds. The highest BCUT2D eigenvalue weighted by molar-refractivity contribution is 9.10. The second kappa shape index (κ2) is 10.1. The van der Waals surface area contributed by atoms with Crippen molar-refractivity contribution in [3.63, 3.8) is 0 Å². The van der Waals surface area contributed by atoms with E-state index in [9.17, 15) is 9.18 Å². The van der Waals surface area contributed by atoms with Crippen LogP contribution in [0, 0.1) is 5.82 Å². The smallest absolute Gasteiger partial charge is 0.281 e. The average molecular weight is 527 g/mol. The maximum Gasteiger partial charge on any atom is 0.281 e. The first-order valence-electron chi connectivity index (χ1n) is 11.0. The van der Waals surface area contributed by atoms with Crippen molar-refractivity contribution in [1.29, 1.82) is 0 Å². The Morgan fingerprint density at radius 2 is 1.57 bits per heavy atom. The largest absolute Gasteiger partial charge is 0.488 e. The molecule has 172 valence electrons. The van der Waals surface area contributed by atoms with Gasteiger partial charge in [0.1, 0.15) is 23.9 Å². The van der Waals surface area contributed by atoms with Gasteiger partial charge in [0.15, 0.2) is 0 Å². The number of rotatable bonds is 6. The van der Waals surface area contributed by atoms with Gasteiger partial charge in [0.05, 0.1) is 15.7 Å². The maximum atomic E-state index is 13.4. The van der Waals surface area contributed by atoms with Crippen LogP contribution in [0.25, 0.3) is 6.08 Å². The van der Waals surface area contributed by atoms with E-state index >= 15 is 0 Å². The Balaban J connectivity index is 1.43. The number of hydrogen-bond acceptors (Lipinski definition) is 3. The summed E-state index contributed by atoms with van der Waals surface area (Å²) in [5.74, 6) is 0.179. The molecule has 4 aromatic carbocycles. The van der Waals surface area contributed by atoms with Gasteiger partial charge in [0.2, 0.25) is 0 Å². The summed E-state index contributed by atoms with van der Waals surface area (Å²) in [6, 6.07) is 30.9. The van der Waals surface area contributed by atoms with Crippen molar-refractivity contribution in [2.45, 2.75) is 6.61 Å². The lowest BCUT2D eigenvalue weighted by atomic mass is 10.0. The van der Waals surface area contributed by atoms with E-state index < -0.39 is 0 Å². The molecule has 4 aromatic rings. The van der Waals surface area contributed by atoms with Crippen molar-refractivity contribution in [3.05, 3.63) is 136 Å². The summed E-state index contributed by atoms with van der Waals surface area (Å²) >= 11 is 3.57. The van der Waals surface area contributed by atoms with Crippen LogP contribution >= 0.6 is 15.9 Å². The first kappa shape index (κ1) is 22.7. The highest BCUT2D eigenvalue weighted by Crippen LogP contribution is 2.31. The zero-order chi connectivity index (χ0) is 24.2. The van der Waals surface area contributed by atoms with Crippen LogP contribution in [0.4, 0.5) is 10.1 Å². The van der Waals surface area contributed by atoms with Crippen molar-refractivity contribution in [2.75, 3.05) is 5.01 Å². The number of benzene rings is 4. The van der Waals surface area contributed by atoms with E-state index in [0.717, 1.165) is 21.2 Å². The fourth-order valence-corrected chi connectivity index (χ4v) is 4.24. The third-order valence-electron chi connectivity index (χ3n) is 5.50. The van der Waals surface area contributed by atoms with Gasteiger partial charge in [-0.3, -0.25) is 4.79 Å². The van der Waals surface area contributed by atoms with Crippen molar-refractivity contribution >= 4 is 39.3 Å². The van der Waals surface area contributed by atoms with E-state index in [2.05, 4.69) is 21.0 Å². The van der Waals surface area contributed by atoms with Gasteiger partial charge in [-0.1, -0.05) is 66.7 Å². The molecule has 0 radical (unpaired) electrons. The molecule has 0 spiro atoms. The zero-order valence-electron chi connectivity index (χ0n) is 18.6. The van der Waals surface area contributed by atoms with Gasteiger partial charge in [-0.05, 0) is 69.5 Å². The lowest BCUT2D eigenvalue weighted by Crippen LogP contribution is -2.21. The highest BCUT2D eigenvalue weighted by atomic mass is 79.9. The molecule has 0 aromatic heterocycles. The summed E-state index contributed by atoms with van der Waals surface area (Å²) in [6.07, 6.45) is 1.84. The minimum Gasteiger partial charge on any atom is -0.488 e. The molecule has 1 aliphatic rings. The second-order valence-corrected chi connectivity index (χ2v) is 8.78. The topological polar surface area (TPSA) is 41.9 Å². The first-order valence-corrected chi connectivity index (χ1v) is 11.8. The first-order chi connectivity index (χ1) is 17.1. The van der Waals surface area contributed by atoms with Crippen LogP contribution in [0.15, 0.2) is 118 Å². The normalized spacial score (nSPS) is 14.3. The minimum atomic E-state index is -0.280. The van der Waals surface area contributed by atoms with E-state index in [0.29, 0.717) is 29.3 Å². The minimum absolute atomic E-state index is 0.192. The van der Waals surface area contributed by atoms with Crippen molar-refractivity contribution in [3.8, 4) is 5.75 Å². The summed E-state index contributed by atoms with van der Waals surface area (Å²) in [7, 11) is 0. The molecule has 0 fully saturated rings. The van der Waals surface area contributed by atoms with E-state index in [4.69, 9.17) is 4.74 Å². The highest BCUT2D eigenvalue weighted by Gasteiger charge is 2.31. The predicted molar refractivity (Wildman–Crippen MR) is 140 cm³/mol. The van der Waals surface area contributed by atoms with Crippen molar-refractivity contribution < 1.29 is 13.9 Å². The van der Waals surface area contributed by atoms with E-state index in [1.165, 1.54) is 17.1 Å². The van der Waals surface area contributed by atoms with Crippen LogP contribution in [0.3, 0.4) is 0 Å². The SMILES string of the molecule is O=C1/C(=C\c2ccc(OCc3ccc(F)cc3)c(Br)c2)C(c2ccccc2)=NN1c1ccccc1. The summed E-state index contributed by atoms with van der Waals surface area (Å²) in [5.41, 5.74) is 4.39. The monoisotopic (exact) mass is 526 g/mol. The Kier molecular flexibility index (Phi) is 6.55. The predicted octanol–water partition coefficient (Wildman–Crippen LogP) is 7.00. The third kappa shape index (κ3) is 5.08. The molecular weight excluding hydrogens is 507 g/mol. The fourth-order valence-electron chi connectivity index (χ4n) is 3.73. The second-order valence-electron chi connectivity index (χ2n) is 7.93. The molecular formula is C29H20BrFN2O2. The molecule has 0 bridgehead atoms. The number of halogens is 2. The molecule has 4 nitrogen and oxygen atoms in total. The Bertz CT molecular complexity index is 1420. The standard InChI is InChI=1S/C29H20BrFN2O2/c30-26-18-21(13-16-27(26)35-19-20-11-14-23(31)15-12-20)17-25-28(22-7-3-1-4-8-22)32-33(29(25)34)24-9-5-2-6-10-24/h1-18H,19H2/b25-17-. The summed E-state index contributed by atoms with van der Waals surface area (Å²) in [6.45, 7) is 0.314. The maximum absolute atomic E-state index is 13.4. The van der Waals surface area contributed by atoms with Gasteiger partial charge in [0.25, 0.3) is 5.91 Å². The van der Waals surface area contributed by atoms with Crippen molar-refractivity contribution in [2.24, 2.45) is 5.10 Å². The van der Waals surface area contributed by atoms with Crippen LogP contribution in [0.1, 0.15) is 16.7 Å². The number of nitrogens with zero attached hydrogens (tertiary/aromatic N) is 2. The number of anilines is 1. The van der Waals surface area contributed by atoms with Gasteiger partial charge >= 0.3 is 0 Å². The number of hydrazone groups is 1. The molecule has 1 aliphatic heterocycles. The number of amides is 1. The number of ether oxygens (including phenoxy) is 1. The Morgan fingerprint density at radius 1 is 0.886 bits per heavy atom. The molecule has 6 heteroatoms. The quantitative estimate of drug-likeness (QED) is 0.254. The molecule has 0 saturated heterocycles. The van der Waals surface area contributed by atoms with Gasteiger partial charge in [-0.2, -0.15) is 10.1 Å². The Labute approximate surface area is 211 Å². The third-order valence-corrected chi connectivity index (χ3v) is 6.12. The van der Waals surface area contributed by atoms with Gasteiger partial charge in [-0.15, -0.1) is 0 Å². The van der Waals surface area contributed by atoms with Crippen LogP contribution in [0.2, 0.25) is 0 Å². The zero-order valence-corrected chi connectivity index (χ0v) is 20.2. The number of carbonyl (C=O) groups excluding carboxylic acids is 1. The molecule has 1 heterocycles. The van der Waals surface area contributed by atoms with Gasteiger partial charge < -0.3 is 4.74 Å². The van der Waals surface area contributed by atoms with Gasteiger partial charge in [0, 0.05) is 5.56 Å². The van der Waals surface area contributed by atoms with Crippen LogP contribution in [0.5, 0.6) is 5.75 Å². The van der Waals surface area contributed by atoms with Crippen LogP contribution in [-0.4, -0.2) is 11.6 Å². The molecule has 0 aliphatic carbocycles. The lowest BCUT2D eigenvalue weighted by Gasteiger charge is -2.11. The van der Waals surface area contributed by atoms with Gasteiger partial charge in [-0.25, -0.2) is 4.39 Å². The molecule has 0 saturated carbocycles. The summed E-state index contributed by atoms with van der Waals surface area (Å²) in [5, 5.41) is 6.10. The molecule has 0 atom stereocenters. The Morgan fingerprint density at radius 3 is 2.26 bits per heavy atom.